The van der Waals surface area contributed by atoms with E-state index in [9.17, 15) is 18.0 Å². The number of nitrogens with one attached hydrogen (secondary N) is 1. The van der Waals surface area contributed by atoms with Crippen LogP contribution in [0.25, 0.3) is 0 Å². The molecule has 0 saturated heterocycles. The molecular formula is C32H40BrN3O5S. The van der Waals surface area contributed by atoms with E-state index in [0.29, 0.717) is 17.9 Å². The molecule has 1 N–H and O–H groups in total. The summed E-state index contributed by atoms with van der Waals surface area (Å²) >= 11 is 3.46. The molecule has 2 amide bonds. The van der Waals surface area contributed by atoms with Gasteiger partial charge in [-0.3, -0.25) is 13.9 Å². The highest BCUT2D eigenvalue weighted by molar-refractivity contribution is 9.10. The maximum atomic E-state index is 13.9. The highest BCUT2D eigenvalue weighted by Gasteiger charge is 2.31. The number of anilines is 1. The van der Waals surface area contributed by atoms with Gasteiger partial charge in [0, 0.05) is 42.5 Å². The lowest BCUT2D eigenvalue weighted by molar-refractivity contribution is -0.141. The van der Waals surface area contributed by atoms with Crippen LogP contribution in [0.3, 0.4) is 0 Å². The van der Waals surface area contributed by atoms with Gasteiger partial charge in [0.15, 0.2) is 0 Å². The molecule has 0 radical (unpaired) electrons. The largest absolute Gasteiger partial charge is 0.497 e. The third-order valence-corrected chi connectivity index (χ3v) is 8.75. The number of ether oxygens (including phenoxy) is 1. The van der Waals surface area contributed by atoms with Crippen LogP contribution in [0.1, 0.15) is 44.2 Å². The van der Waals surface area contributed by atoms with Crippen molar-refractivity contribution in [3.63, 3.8) is 0 Å². The van der Waals surface area contributed by atoms with E-state index in [1.54, 1.807) is 29.2 Å². The fourth-order valence-corrected chi connectivity index (χ4v) is 5.77. The van der Waals surface area contributed by atoms with E-state index in [1.807, 2.05) is 68.4 Å². The molecule has 0 unspecified atom stereocenters. The zero-order valence-electron chi connectivity index (χ0n) is 24.6. The van der Waals surface area contributed by atoms with Gasteiger partial charge in [-0.1, -0.05) is 71.4 Å². The molecule has 0 saturated carbocycles. The molecule has 226 valence electrons. The Morgan fingerprint density at radius 3 is 2.29 bits per heavy atom. The van der Waals surface area contributed by atoms with Crippen molar-refractivity contribution < 1.29 is 22.7 Å². The number of nitrogens with zero attached hydrogens (tertiary/aromatic N) is 2. The summed E-state index contributed by atoms with van der Waals surface area (Å²) in [5.41, 5.74) is 2.29. The van der Waals surface area contributed by atoms with E-state index in [-0.39, 0.29) is 43.8 Å². The molecule has 3 rings (SSSR count). The summed E-state index contributed by atoms with van der Waals surface area (Å²) < 4.78 is 32.8. The number of hydrogen-bond acceptors (Lipinski definition) is 5. The van der Waals surface area contributed by atoms with Crippen LogP contribution in [-0.4, -0.2) is 57.1 Å². The average molecular weight is 659 g/mol. The van der Waals surface area contributed by atoms with E-state index in [2.05, 4.69) is 21.2 Å². The van der Waals surface area contributed by atoms with Crippen molar-refractivity contribution in [1.29, 1.82) is 0 Å². The molecule has 0 spiro atoms. The number of methoxy groups -OCH3 is 1. The average Bonchev–Trinajstić information content (AvgIpc) is 2.97. The van der Waals surface area contributed by atoms with Crippen LogP contribution in [0, 0.1) is 0 Å². The first-order valence-corrected chi connectivity index (χ1v) is 16.7. The zero-order chi connectivity index (χ0) is 30.7. The van der Waals surface area contributed by atoms with Gasteiger partial charge in [-0.25, -0.2) is 8.42 Å². The molecule has 0 fully saturated rings. The molecule has 0 bridgehead atoms. The maximum Gasteiger partial charge on any atom is 0.243 e. The van der Waals surface area contributed by atoms with Crippen molar-refractivity contribution in [2.75, 3.05) is 24.2 Å². The van der Waals surface area contributed by atoms with Crippen molar-refractivity contribution in [2.45, 2.75) is 58.2 Å². The van der Waals surface area contributed by atoms with Gasteiger partial charge in [0.25, 0.3) is 0 Å². The summed E-state index contributed by atoms with van der Waals surface area (Å²) in [6, 6.07) is 23.3. The Bertz CT molecular complexity index is 1420. The summed E-state index contributed by atoms with van der Waals surface area (Å²) in [5, 5.41) is 3.07. The summed E-state index contributed by atoms with van der Waals surface area (Å²) in [6.07, 6.45) is 2.59. The first kappa shape index (κ1) is 33.1. The number of rotatable bonds is 15. The van der Waals surface area contributed by atoms with Gasteiger partial charge in [-0.2, -0.15) is 0 Å². The lowest BCUT2D eigenvalue weighted by atomic mass is 10.0. The lowest BCUT2D eigenvalue weighted by Gasteiger charge is -2.32. The molecule has 0 heterocycles. The van der Waals surface area contributed by atoms with Gasteiger partial charge in [0.05, 0.1) is 19.1 Å². The number of halogens is 1. The van der Waals surface area contributed by atoms with Gasteiger partial charge in [0.2, 0.25) is 21.8 Å². The highest BCUT2D eigenvalue weighted by atomic mass is 79.9. The smallest absolute Gasteiger partial charge is 0.243 e. The van der Waals surface area contributed by atoms with Gasteiger partial charge in [0.1, 0.15) is 11.8 Å². The Labute approximate surface area is 258 Å². The molecule has 0 aliphatic rings. The second-order valence-corrected chi connectivity index (χ2v) is 13.1. The van der Waals surface area contributed by atoms with Crippen molar-refractivity contribution in [3.8, 4) is 5.75 Å². The van der Waals surface area contributed by atoms with Crippen LogP contribution in [0.15, 0.2) is 83.3 Å². The van der Waals surface area contributed by atoms with Crippen LogP contribution in [0.5, 0.6) is 5.75 Å². The van der Waals surface area contributed by atoms with Crippen molar-refractivity contribution in [1.82, 2.24) is 10.2 Å². The SMILES string of the molecule is CC[C@@H](C)NC(=O)[C@H](Cc1ccccc1)N(Cc1ccc(Br)cc1)C(=O)CCCN(c1cccc(OC)c1)S(C)(=O)=O. The Kier molecular flexibility index (Phi) is 12.4. The third-order valence-electron chi connectivity index (χ3n) is 7.03. The molecule has 2 atom stereocenters. The minimum Gasteiger partial charge on any atom is -0.497 e. The van der Waals surface area contributed by atoms with Crippen molar-refractivity contribution >= 4 is 43.5 Å². The predicted octanol–water partition coefficient (Wildman–Crippen LogP) is 5.56. The summed E-state index contributed by atoms with van der Waals surface area (Å²) in [7, 11) is -2.10. The first-order chi connectivity index (χ1) is 20.0. The molecule has 3 aromatic carbocycles. The predicted molar refractivity (Wildman–Crippen MR) is 171 cm³/mol. The number of carbonyl (C=O) groups is 2. The standard InChI is InChI=1S/C32H40BrN3O5S/c1-5-24(2)34-32(38)30(21-25-11-7-6-8-12-25)35(23-26-16-18-27(33)19-17-26)31(37)15-10-20-36(42(4,39)40)28-13-9-14-29(22-28)41-3/h6-9,11-14,16-19,22,24,30H,5,10,15,20-21,23H2,1-4H3,(H,34,38)/t24-,30+/m1/s1. The van der Waals surface area contributed by atoms with Crippen LogP contribution >= 0.6 is 15.9 Å². The number of hydrogen-bond donors (Lipinski definition) is 1. The first-order valence-electron chi connectivity index (χ1n) is 14.0. The molecule has 3 aromatic rings. The molecule has 8 nitrogen and oxygen atoms in total. The summed E-state index contributed by atoms with van der Waals surface area (Å²) in [4.78, 5) is 29.2. The van der Waals surface area contributed by atoms with Gasteiger partial charge >= 0.3 is 0 Å². The Hall–Kier alpha value is -3.37. The lowest BCUT2D eigenvalue weighted by Crippen LogP contribution is -2.52. The van der Waals surface area contributed by atoms with Crippen molar-refractivity contribution in [3.05, 3.63) is 94.5 Å². The van der Waals surface area contributed by atoms with Gasteiger partial charge in [-0.05, 0) is 55.2 Å². The maximum absolute atomic E-state index is 13.9. The van der Waals surface area contributed by atoms with Crippen LogP contribution in [0.4, 0.5) is 5.69 Å². The molecular weight excluding hydrogens is 618 g/mol. The van der Waals surface area contributed by atoms with E-state index >= 15 is 0 Å². The van der Waals surface area contributed by atoms with E-state index in [4.69, 9.17) is 4.74 Å². The van der Waals surface area contributed by atoms with Crippen LogP contribution in [-0.2, 0) is 32.6 Å². The third kappa shape index (κ3) is 9.87. The minimum atomic E-state index is -3.62. The van der Waals surface area contributed by atoms with Gasteiger partial charge in [-0.15, -0.1) is 0 Å². The number of sulfonamides is 1. The Morgan fingerprint density at radius 1 is 0.976 bits per heavy atom. The molecule has 0 aromatic heterocycles. The van der Waals surface area contributed by atoms with E-state index < -0.39 is 16.1 Å². The number of carbonyl (C=O) groups excluding carboxylic acids is 2. The zero-order valence-corrected chi connectivity index (χ0v) is 27.0. The fraction of sp³-hybridized carbons (Fsp3) is 0.375. The number of amides is 2. The Morgan fingerprint density at radius 2 is 1.67 bits per heavy atom. The fourth-order valence-electron chi connectivity index (χ4n) is 4.55. The normalized spacial score (nSPS) is 12.7. The summed E-state index contributed by atoms with van der Waals surface area (Å²) in [6.45, 7) is 4.28. The van der Waals surface area contributed by atoms with Crippen LogP contribution < -0.4 is 14.4 Å². The second-order valence-electron chi connectivity index (χ2n) is 10.3. The van der Waals surface area contributed by atoms with Gasteiger partial charge < -0.3 is 15.0 Å². The topological polar surface area (TPSA) is 96.0 Å². The molecule has 10 heteroatoms. The quantitative estimate of drug-likeness (QED) is 0.231. The van der Waals surface area contributed by atoms with E-state index in [1.165, 1.54) is 11.4 Å². The molecule has 0 aliphatic carbocycles. The molecule has 0 aliphatic heterocycles. The van der Waals surface area contributed by atoms with Crippen molar-refractivity contribution in [2.24, 2.45) is 0 Å². The minimum absolute atomic E-state index is 0.0495. The summed E-state index contributed by atoms with van der Waals surface area (Å²) in [5.74, 6) is 0.0963. The monoisotopic (exact) mass is 657 g/mol. The van der Waals surface area contributed by atoms with E-state index in [0.717, 1.165) is 28.3 Å². The highest BCUT2D eigenvalue weighted by Crippen LogP contribution is 2.24. The molecule has 42 heavy (non-hydrogen) atoms. The number of benzene rings is 3. The second kappa shape index (κ2) is 15.7. The Balaban J connectivity index is 1.89. The van der Waals surface area contributed by atoms with Crippen LogP contribution in [0.2, 0.25) is 0 Å².